The van der Waals surface area contributed by atoms with Crippen molar-refractivity contribution in [3.63, 3.8) is 0 Å². The number of halogens is 1. The van der Waals surface area contributed by atoms with Crippen LogP contribution in [-0.2, 0) is 9.53 Å². The molecular weight excluding hydrogens is 391 g/mol. The monoisotopic (exact) mass is 412 g/mol. The Kier molecular flexibility index (Phi) is 6.25. The number of amides is 3. The first kappa shape index (κ1) is 21.2. The highest BCUT2D eigenvalue weighted by Gasteiger charge is 2.35. The van der Waals surface area contributed by atoms with Crippen molar-refractivity contribution in [3.8, 4) is 0 Å². The van der Waals surface area contributed by atoms with Crippen LogP contribution in [0.1, 0.15) is 57.8 Å². The number of hydrogen-bond donors (Lipinski definition) is 1. The number of fused-ring (bicyclic) bond motifs is 1. The van der Waals surface area contributed by atoms with Crippen LogP contribution < -0.4 is 5.32 Å². The van der Waals surface area contributed by atoms with Crippen LogP contribution in [-0.4, -0.2) is 41.2 Å². The summed E-state index contributed by atoms with van der Waals surface area (Å²) in [7, 11) is 0. The highest BCUT2D eigenvalue weighted by Crippen LogP contribution is 2.25. The lowest BCUT2D eigenvalue weighted by Gasteiger charge is -2.14. The van der Waals surface area contributed by atoms with Crippen molar-refractivity contribution in [2.75, 3.05) is 11.9 Å². The quantitative estimate of drug-likeness (QED) is 0.556. The molecule has 2 aromatic rings. The summed E-state index contributed by atoms with van der Waals surface area (Å²) in [5, 5.41) is 2.35. The van der Waals surface area contributed by atoms with Crippen molar-refractivity contribution in [2.24, 2.45) is 0 Å². The second-order valence-electron chi connectivity index (χ2n) is 6.89. The molecule has 7 nitrogen and oxygen atoms in total. The Morgan fingerprint density at radius 3 is 2.50 bits per heavy atom. The molecular formula is C22H21FN2O5. The van der Waals surface area contributed by atoms with Gasteiger partial charge in [-0.2, -0.15) is 0 Å². The zero-order valence-electron chi connectivity index (χ0n) is 16.6. The van der Waals surface area contributed by atoms with E-state index in [-0.39, 0.29) is 28.3 Å². The number of carbonyl (C=O) groups excluding carboxylic acids is 4. The minimum atomic E-state index is -1.20. The molecule has 0 spiro atoms. The zero-order chi connectivity index (χ0) is 21.8. The van der Waals surface area contributed by atoms with Gasteiger partial charge in [-0.1, -0.05) is 25.5 Å². The van der Waals surface area contributed by atoms with Gasteiger partial charge in [0.25, 0.3) is 17.7 Å². The van der Waals surface area contributed by atoms with E-state index in [4.69, 9.17) is 4.74 Å². The molecule has 2 aromatic carbocycles. The van der Waals surface area contributed by atoms with E-state index in [1.807, 2.05) is 6.92 Å². The second kappa shape index (κ2) is 8.86. The number of imide groups is 1. The number of rotatable bonds is 7. The fourth-order valence-electron chi connectivity index (χ4n) is 3.02. The summed E-state index contributed by atoms with van der Waals surface area (Å²) in [6, 6.07) is 9.69. The Labute approximate surface area is 172 Å². The third-order valence-electron chi connectivity index (χ3n) is 4.73. The normalized spacial score (nSPS) is 13.8. The number of esters is 1. The maximum atomic E-state index is 13.7. The first-order valence-corrected chi connectivity index (χ1v) is 9.60. The van der Waals surface area contributed by atoms with Gasteiger partial charge in [0.05, 0.1) is 22.4 Å². The lowest BCUT2D eigenvalue weighted by molar-refractivity contribution is -0.123. The molecule has 1 atom stereocenters. The Balaban J connectivity index is 1.69. The number of anilines is 1. The maximum absolute atomic E-state index is 13.7. The molecule has 0 radical (unpaired) electrons. The predicted octanol–water partition coefficient (Wildman–Crippen LogP) is 3.41. The number of carbonyl (C=O) groups is 4. The summed E-state index contributed by atoms with van der Waals surface area (Å²) in [5.74, 6) is -2.99. The predicted molar refractivity (Wildman–Crippen MR) is 107 cm³/mol. The van der Waals surface area contributed by atoms with Crippen LogP contribution >= 0.6 is 0 Å². The van der Waals surface area contributed by atoms with Gasteiger partial charge in [0.15, 0.2) is 6.10 Å². The number of unbranched alkanes of at least 4 members (excludes halogenated alkanes) is 1. The lowest BCUT2D eigenvalue weighted by Crippen LogP contribution is -2.30. The van der Waals surface area contributed by atoms with Gasteiger partial charge >= 0.3 is 5.97 Å². The zero-order valence-corrected chi connectivity index (χ0v) is 16.6. The standard InChI is InChI=1S/C22H21FN2O5/c1-3-4-11-25-20(27)15-10-9-14(12-16(15)21(25)28)22(29)30-13(2)19(26)24-18-8-6-5-7-17(18)23/h5-10,12-13H,3-4,11H2,1-2H3,(H,24,26)/t13-/m1/s1. The molecule has 156 valence electrons. The number of nitrogens with one attached hydrogen (secondary N) is 1. The Hall–Kier alpha value is -3.55. The van der Waals surface area contributed by atoms with Crippen molar-refractivity contribution in [2.45, 2.75) is 32.8 Å². The molecule has 1 heterocycles. The SMILES string of the molecule is CCCCN1C(=O)c2ccc(C(=O)O[C@H](C)C(=O)Nc3ccccc3F)cc2C1=O. The summed E-state index contributed by atoms with van der Waals surface area (Å²) in [4.78, 5) is 50.7. The smallest absolute Gasteiger partial charge is 0.338 e. The van der Waals surface area contributed by atoms with Gasteiger partial charge in [-0.3, -0.25) is 19.3 Å². The summed E-state index contributed by atoms with van der Waals surface area (Å²) < 4.78 is 18.8. The summed E-state index contributed by atoms with van der Waals surface area (Å²) >= 11 is 0. The third-order valence-corrected chi connectivity index (χ3v) is 4.73. The van der Waals surface area contributed by atoms with Crippen molar-refractivity contribution < 1.29 is 28.3 Å². The molecule has 0 fully saturated rings. The molecule has 0 unspecified atom stereocenters. The summed E-state index contributed by atoms with van der Waals surface area (Å²) in [5.41, 5.74) is 0.379. The fraction of sp³-hybridized carbons (Fsp3) is 0.273. The molecule has 0 aliphatic carbocycles. The minimum Gasteiger partial charge on any atom is -0.449 e. The molecule has 1 N–H and O–H groups in total. The number of benzene rings is 2. The van der Waals surface area contributed by atoms with Crippen LogP contribution in [0.5, 0.6) is 0 Å². The van der Waals surface area contributed by atoms with Crippen molar-refractivity contribution >= 4 is 29.4 Å². The number of ether oxygens (including phenoxy) is 1. The van der Waals surface area contributed by atoms with Crippen molar-refractivity contribution in [1.82, 2.24) is 4.90 Å². The molecule has 1 aliphatic heterocycles. The largest absolute Gasteiger partial charge is 0.449 e. The van der Waals surface area contributed by atoms with Crippen LogP contribution in [0.2, 0.25) is 0 Å². The van der Waals surface area contributed by atoms with Crippen LogP contribution in [0, 0.1) is 5.82 Å². The second-order valence-corrected chi connectivity index (χ2v) is 6.89. The number of nitrogens with zero attached hydrogens (tertiary/aromatic N) is 1. The molecule has 0 aromatic heterocycles. The van der Waals surface area contributed by atoms with E-state index >= 15 is 0 Å². The fourth-order valence-corrected chi connectivity index (χ4v) is 3.02. The van der Waals surface area contributed by atoms with E-state index in [1.165, 1.54) is 43.3 Å². The van der Waals surface area contributed by atoms with Gasteiger partial charge in [0.2, 0.25) is 0 Å². The molecule has 1 aliphatic rings. The van der Waals surface area contributed by atoms with Gasteiger partial charge in [-0.25, -0.2) is 9.18 Å². The molecule has 0 bridgehead atoms. The van der Waals surface area contributed by atoms with Crippen LogP contribution in [0.4, 0.5) is 10.1 Å². The minimum absolute atomic E-state index is 0.0285. The number of hydrogen-bond acceptors (Lipinski definition) is 5. The highest BCUT2D eigenvalue weighted by atomic mass is 19.1. The van der Waals surface area contributed by atoms with Crippen LogP contribution in [0.15, 0.2) is 42.5 Å². The molecule has 0 saturated heterocycles. The van der Waals surface area contributed by atoms with Crippen molar-refractivity contribution in [1.29, 1.82) is 0 Å². The van der Waals surface area contributed by atoms with E-state index in [9.17, 15) is 23.6 Å². The van der Waals surface area contributed by atoms with Gasteiger partial charge < -0.3 is 10.1 Å². The maximum Gasteiger partial charge on any atom is 0.338 e. The van der Waals surface area contributed by atoms with Gasteiger partial charge in [0.1, 0.15) is 5.82 Å². The third kappa shape index (κ3) is 4.22. The van der Waals surface area contributed by atoms with Crippen LogP contribution in [0.3, 0.4) is 0 Å². The van der Waals surface area contributed by atoms with Gasteiger partial charge in [-0.15, -0.1) is 0 Å². The Bertz CT molecular complexity index is 1020. The van der Waals surface area contributed by atoms with E-state index in [0.29, 0.717) is 13.0 Å². The van der Waals surface area contributed by atoms with E-state index < -0.39 is 29.7 Å². The molecule has 3 rings (SSSR count). The molecule has 3 amide bonds. The first-order valence-electron chi connectivity index (χ1n) is 9.60. The van der Waals surface area contributed by atoms with E-state index in [1.54, 1.807) is 6.07 Å². The van der Waals surface area contributed by atoms with E-state index in [2.05, 4.69) is 5.32 Å². The first-order chi connectivity index (χ1) is 14.3. The Morgan fingerprint density at radius 2 is 1.80 bits per heavy atom. The number of para-hydroxylation sites is 1. The molecule has 0 saturated carbocycles. The highest BCUT2D eigenvalue weighted by molar-refractivity contribution is 6.22. The molecule has 8 heteroatoms. The van der Waals surface area contributed by atoms with Gasteiger partial charge in [-0.05, 0) is 43.7 Å². The van der Waals surface area contributed by atoms with E-state index in [0.717, 1.165) is 11.3 Å². The Morgan fingerprint density at radius 1 is 1.10 bits per heavy atom. The summed E-state index contributed by atoms with van der Waals surface area (Å²) in [6.07, 6.45) is 0.316. The van der Waals surface area contributed by atoms with Gasteiger partial charge in [0, 0.05) is 6.54 Å². The van der Waals surface area contributed by atoms with Crippen LogP contribution in [0.25, 0.3) is 0 Å². The van der Waals surface area contributed by atoms with Crippen molar-refractivity contribution in [3.05, 3.63) is 65.0 Å². The lowest BCUT2D eigenvalue weighted by atomic mass is 10.1. The molecule has 30 heavy (non-hydrogen) atoms. The average molecular weight is 412 g/mol. The topological polar surface area (TPSA) is 92.8 Å². The summed E-state index contributed by atoms with van der Waals surface area (Å²) in [6.45, 7) is 3.62. The average Bonchev–Trinajstić information content (AvgIpc) is 2.97.